The van der Waals surface area contributed by atoms with Crippen molar-refractivity contribution in [2.24, 2.45) is 0 Å². The van der Waals surface area contributed by atoms with Gasteiger partial charge in [-0.3, -0.25) is 4.57 Å². The first kappa shape index (κ1) is 21.4. The molecule has 3 rings (SSSR count). The van der Waals surface area contributed by atoms with E-state index in [-0.39, 0.29) is 4.57 Å². The summed E-state index contributed by atoms with van der Waals surface area (Å²) in [5.74, 6) is -15.4. The lowest BCUT2D eigenvalue weighted by Crippen LogP contribution is -2.51. The topological polar surface area (TPSA) is 140 Å². The number of nitrogens with zero attached hydrogens (tertiary/aromatic N) is 4. The lowest BCUT2D eigenvalue weighted by Gasteiger charge is -2.29. The number of imidazole rings is 1. The molecule has 1 fully saturated rings. The van der Waals surface area contributed by atoms with Crippen LogP contribution in [0.25, 0.3) is 11.2 Å². The lowest BCUT2D eigenvalue weighted by molar-refractivity contribution is -0.362. The van der Waals surface area contributed by atoms with E-state index in [1.807, 2.05) is 0 Å². The lowest BCUT2D eigenvalue weighted by atomic mass is 10.1. The molecule has 0 radical (unpaired) electrons. The minimum Gasteiger partial charge on any atom is -0.394 e. The standard InChI is InChI=1S/C13H12F7N5O4/c14-11(15,12(16,17)13(18,19)20)10-24-4-7(21)22-2-23-8(4)25(10)9-6(28)5(27)3(1-26)29-9/h2-3,5-6,9,26-28H,1H2,(H2,21,22,23)/t3-,5-,6-,9-/m1/s1. The molecule has 9 nitrogen and oxygen atoms in total. The van der Waals surface area contributed by atoms with Crippen molar-refractivity contribution in [3.63, 3.8) is 0 Å². The first-order valence-corrected chi connectivity index (χ1v) is 7.69. The SMILES string of the molecule is Nc1ncnc2c1nc(C(F)(F)C(F)(F)C(F)(F)F)n2[C@@H]1O[C@H](CO)[C@@H](O)[C@H]1O. The minimum atomic E-state index is -6.67. The van der Waals surface area contributed by atoms with E-state index in [1.54, 1.807) is 0 Å². The zero-order valence-corrected chi connectivity index (χ0v) is 13.9. The quantitative estimate of drug-likeness (QED) is 0.504. The van der Waals surface area contributed by atoms with Crippen LogP contribution in [-0.2, 0) is 10.7 Å². The van der Waals surface area contributed by atoms with Gasteiger partial charge in [0.15, 0.2) is 29.0 Å². The predicted molar refractivity (Wildman–Crippen MR) is 77.6 cm³/mol. The molecule has 0 unspecified atom stereocenters. The maximum atomic E-state index is 14.4. The molecule has 1 saturated heterocycles. The van der Waals surface area contributed by atoms with Crippen molar-refractivity contribution >= 4 is 17.0 Å². The number of alkyl halides is 7. The molecule has 16 heteroatoms. The van der Waals surface area contributed by atoms with Crippen molar-refractivity contribution in [3.8, 4) is 0 Å². The van der Waals surface area contributed by atoms with Gasteiger partial charge in [-0.05, 0) is 0 Å². The first-order valence-electron chi connectivity index (χ1n) is 7.69. The van der Waals surface area contributed by atoms with Crippen LogP contribution in [0, 0.1) is 0 Å². The van der Waals surface area contributed by atoms with Crippen molar-refractivity contribution in [2.75, 3.05) is 12.3 Å². The molecule has 1 aliphatic heterocycles. The van der Waals surface area contributed by atoms with Crippen molar-refractivity contribution in [1.82, 2.24) is 19.5 Å². The fourth-order valence-corrected chi connectivity index (χ4v) is 2.80. The van der Waals surface area contributed by atoms with Gasteiger partial charge in [0.25, 0.3) is 0 Å². The van der Waals surface area contributed by atoms with E-state index >= 15 is 0 Å². The molecule has 162 valence electrons. The number of aliphatic hydroxyl groups is 3. The van der Waals surface area contributed by atoms with Crippen LogP contribution in [0.15, 0.2) is 6.33 Å². The Kier molecular flexibility index (Phi) is 4.88. The fourth-order valence-electron chi connectivity index (χ4n) is 2.80. The largest absolute Gasteiger partial charge is 0.460 e. The van der Waals surface area contributed by atoms with Crippen molar-refractivity contribution < 1.29 is 50.8 Å². The number of hydrogen-bond donors (Lipinski definition) is 4. The van der Waals surface area contributed by atoms with Crippen LogP contribution < -0.4 is 5.73 Å². The van der Waals surface area contributed by atoms with Gasteiger partial charge in [0.1, 0.15) is 24.6 Å². The van der Waals surface area contributed by atoms with Gasteiger partial charge in [-0.2, -0.15) is 30.7 Å². The number of nitrogen functional groups attached to an aromatic ring is 1. The summed E-state index contributed by atoms with van der Waals surface area (Å²) in [5.41, 5.74) is 3.89. The van der Waals surface area contributed by atoms with E-state index in [1.165, 1.54) is 0 Å². The van der Waals surface area contributed by atoms with Gasteiger partial charge in [-0.15, -0.1) is 0 Å². The van der Waals surface area contributed by atoms with Crippen molar-refractivity contribution in [1.29, 1.82) is 0 Å². The second kappa shape index (κ2) is 6.61. The van der Waals surface area contributed by atoms with Crippen LogP contribution in [0.5, 0.6) is 0 Å². The first-order chi connectivity index (χ1) is 13.3. The molecule has 1 aliphatic rings. The number of ether oxygens (including phenoxy) is 1. The summed E-state index contributed by atoms with van der Waals surface area (Å²) in [5, 5.41) is 29.0. The van der Waals surface area contributed by atoms with E-state index < -0.39 is 72.0 Å². The number of halogens is 7. The summed E-state index contributed by atoms with van der Waals surface area (Å²) in [4.78, 5) is 9.95. The Morgan fingerprint density at radius 2 is 1.69 bits per heavy atom. The van der Waals surface area contributed by atoms with E-state index in [0.29, 0.717) is 6.33 Å². The smallest absolute Gasteiger partial charge is 0.394 e. The van der Waals surface area contributed by atoms with Gasteiger partial charge in [0, 0.05) is 0 Å². The second-order valence-electron chi connectivity index (χ2n) is 6.11. The summed E-state index contributed by atoms with van der Waals surface area (Å²) in [6.45, 7) is -0.928. The van der Waals surface area contributed by atoms with Gasteiger partial charge in [0.05, 0.1) is 6.61 Å². The summed E-state index contributed by atoms with van der Waals surface area (Å²) in [6.07, 6.45) is -13.7. The molecule has 4 atom stereocenters. The molecule has 2 aromatic rings. The molecular weight excluding hydrogens is 423 g/mol. The third-order valence-corrected chi connectivity index (χ3v) is 4.31. The highest BCUT2D eigenvalue weighted by Crippen LogP contribution is 2.52. The molecule has 0 amide bonds. The molecule has 3 heterocycles. The van der Waals surface area contributed by atoms with Crippen molar-refractivity contribution in [2.45, 2.75) is 42.6 Å². The Morgan fingerprint density at radius 1 is 1.07 bits per heavy atom. The third kappa shape index (κ3) is 2.97. The molecule has 2 aromatic heterocycles. The average Bonchev–Trinajstić information content (AvgIpc) is 3.14. The summed E-state index contributed by atoms with van der Waals surface area (Å²) in [7, 11) is 0. The Morgan fingerprint density at radius 3 is 2.21 bits per heavy atom. The number of anilines is 1. The van der Waals surface area contributed by atoms with Crippen LogP contribution in [0.2, 0.25) is 0 Å². The zero-order chi connectivity index (χ0) is 21.9. The average molecular weight is 435 g/mol. The third-order valence-electron chi connectivity index (χ3n) is 4.31. The molecular formula is C13H12F7N5O4. The number of aliphatic hydroxyl groups excluding tert-OH is 3. The highest BCUT2D eigenvalue weighted by Gasteiger charge is 2.75. The molecule has 0 aromatic carbocycles. The monoisotopic (exact) mass is 435 g/mol. The number of nitrogens with two attached hydrogens (primary N) is 1. The second-order valence-corrected chi connectivity index (χ2v) is 6.11. The number of fused-ring (bicyclic) bond motifs is 1. The maximum absolute atomic E-state index is 14.4. The summed E-state index contributed by atoms with van der Waals surface area (Å²) < 4.78 is 99.0. The highest BCUT2D eigenvalue weighted by molar-refractivity contribution is 5.82. The van der Waals surface area contributed by atoms with E-state index in [4.69, 9.17) is 15.6 Å². The van der Waals surface area contributed by atoms with E-state index in [0.717, 1.165) is 0 Å². The normalized spacial score (nSPS) is 26.4. The fraction of sp³-hybridized carbons (Fsp3) is 0.615. The summed E-state index contributed by atoms with van der Waals surface area (Å²) in [6, 6.07) is 0. The highest BCUT2D eigenvalue weighted by atomic mass is 19.4. The Labute approximate surface area is 155 Å². The van der Waals surface area contributed by atoms with Crippen LogP contribution in [0.3, 0.4) is 0 Å². The van der Waals surface area contributed by atoms with Crippen LogP contribution in [-0.4, -0.2) is 71.9 Å². The summed E-state index contributed by atoms with van der Waals surface area (Å²) >= 11 is 0. The molecule has 0 aliphatic carbocycles. The molecule has 5 N–H and O–H groups in total. The molecule has 0 bridgehead atoms. The zero-order valence-electron chi connectivity index (χ0n) is 13.9. The van der Waals surface area contributed by atoms with Gasteiger partial charge < -0.3 is 25.8 Å². The molecule has 0 saturated carbocycles. The van der Waals surface area contributed by atoms with Gasteiger partial charge in [-0.25, -0.2) is 15.0 Å². The number of hydrogen-bond acceptors (Lipinski definition) is 8. The maximum Gasteiger partial charge on any atom is 0.460 e. The van der Waals surface area contributed by atoms with Crippen LogP contribution in [0.1, 0.15) is 12.1 Å². The Balaban J connectivity index is 2.29. The molecule has 0 spiro atoms. The van der Waals surface area contributed by atoms with E-state index in [2.05, 4.69) is 15.0 Å². The van der Waals surface area contributed by atoms with Crippen molar-refractivity contribution in [3.05, 3.63) is 12.2 Å². The van der Waals surface area contributed by atoms with E-state index in [9.17, 15) is 40.9 Å². The van der Waals surface area contributed by atoms with Gasteiger partial charge in [0.2, 0.25) is 0 Å². The van der Waals surface area contributed by atoms with Gasteiger partial charge in [-0.1, -0.05) is 0 Å². The Hall–Kier alpha value is -2.30. The van der Waals surface area contributed by atoms with Crippen LogP contribution in [0.4, 0.5) is 36.6 Å². The van der Waals surface area contributed by atoms with Crippen LogP contribution >= 0.6 is 0 Å². The predicted octanol–water partition coefficient (Wildman–Crippen LogP) is 0.309. The Bertz CT molecular complexity index is 921. The molecule has 29 heavy (non-hydrogen) atoms. The minimum absolute atomic E-state index is 0.0312. The number of rotatable bonds is 4. The van der Waals surface area contributed by atoms with Gasteiger partial charge >= 0.3 is 18.0 Å². The number of aromatic nitrogens is 4.